The van der Waals surface area contributed by atoms with Crippen LogP contribution in [0.5, 0.6) is 0 Å². The zero-order chi connectivity index (χ0) is 27.8. The second-order valence-corrected chi connectivity index (χ2v) is 10.4. The van der Waals surface area contributed by atoms with E-state index >= 15 is 0 Å². The molecule has 0 spiro atoms. The Labute approximate surface area is 231 Å². The molecule has 3 N–H and O–H groups in total. The van der Waals surface area contributed by atoms with Gasteiger partial charge in [0.2, 0.25) is 17.8 Å². The molecule has 0 radical (unpaired) electrons. The van der Waals surface area contributed by atoms with Crippen LogP contribution in [0.4, 0.5) is 10.2 Å². The summed E-state index contributed by atoms with van der Waals surface area (Å²) in [4.78, 5) is 36.1. The lowest BCUT2D eigenvalue weighted by Crippen LogP contribution is -2.52. The molecular weight excluding hydrogens is 511 g/mol. The van der Waals surface area contributed by atoms with E-state index in [0.717, 1.165) is 46.3 Å². The topological polar surface area (TPSA) is 115 Å². The van der Waals surface area contributed by atoms with Crippen molar-refractivity contribution in [2.24, 2.45) is 5.73 Å². The van der Waals surface area contributed by atoms with Crippen molar-refractivity contribution in [2.75, 3.05) is 25.0 Å². The van der Waals surface area contributed by atoms with Gasteiger partial charge in [0.1, 0.15) is 24.7 Å². The first-order valence-electron chi connectivity index (χ1n) is 13.5. The number of carbonyl (C=O) groups excluding carboxylic acids is 2. The molecule has 40 heavy (non-hydrogen) atoms. The van der Waals surface area contributed by atoms with E-state index in [9.17, 15) is 14.0 Å². The van der Waals surface area contributed by atoms with E-state index in [4.69, 9.17) is 20.4 Å². The normalized spacial score (nSPS) is 16.9. The van der Waals surface area contributed by atoms with Gasteiger partial charge in [-0.3, -0.25) is 14.2 Å². The fourth-order valence-corrected chi connectivity index (χ4v) is 5.53. The molecule has 0 bridgehead atoms. The number of hydrogen-bond acceptors (Lipinski definition) is 6. The van der Waals surface area contributed by atoms with Gasteiger partial charge in [-0.1, -0.05) is 36.4 Å². The molecule has 2 aromatic carbocycles. The molecule has 1 saturated heterocycles. The first-order chi connectivity index (χ1) is 19.4. The van der Waals surface area contributed by atoms with Crippen molar-refractivity contribution in [3.05, 3.63) is 82.7 Å². The number of amides is 2. The Morgan fingerprint density at radius 1 is 1.12 bits per heavy atom. The highest BCUT2D eigenvalue weighted by Gasteiger charge is 2.32. The summed E-state index contributed by atoms with van der Waals surface area (Å²) in [5.41, 5.74) is 10.5. The van der Waals surface area contributed by atoms with Crippen LogP contribution < -0.4 is 11.1 Å². The summed E-state index contributed by atoms with van der Waals surface area (Å²) in [6.07, 6.45) is 0.976. The van der Waals surface area contributed by atoms with Crippen LogP contribution in [-0.2, 0) is 22.5 Å². The third kappa shape index (κ3) is 4.90. The van der Waals surface area contributed by atoms with Crippen molar-refractivity contribution in [2.45, 2.75) is 45.0 Å². The Hall–Kier alpha value is -4.31. The maximum atomic E-state index is 13.3. The molecule has 6 rings (SSSR count). The fraction of sp³-hybridized carbons (Fsp3) is 0.333. The average Bonchev–Trinajstić information content (AvgIpc) is 3.28. The minimum absolute atomic E-state index is 0.122. The first kappa shape index (κ1) is 25.9. The van der Waals surface area contributed by atoms with Gasteiger partial charge >= 0.3 is 0 Å². The maximum Gasteiger partial charge on any atom is 0.249 e. The number of fused-ring (bicyclic) bond motifs is 2. The lowest BCUT2D eigenvalue weighted by atomic mass is 9.93. The number of benzene rings is 2. The van der Waals surface area contributed by atoms with E-state index in [-0.39, 0.29) is 25.6 Å². The van der Waals surface area contributed by atoms with E-state index in [2.05, 4.69) is 5.32 Å². The van der Waals surface area contributed by atoms with Gasteiger partial charge < -0.3 is 20.7 Å². The maximum absolute atomic E-state index is 13.3. The zero-order valence-electron chi connectivity index (χ0n) is 22.3. The number of hydrogen-bond donors (Lipinski definition) is 2. The minimum atomic E-state index is -0.956. The molecular formula is C30H31FN6O3. The molecule has 4 aromatic rings. The van der Waals surface area contributed by atoms with Crippen molar-refractivity contribution in [3.63, 3.8) is 0 Å². The fourth-order valence-electron chi connectivity index (χ4n) is 5.53. The number of carbonyl (C=O) groups is 2. The molecule has 1 aliphatic carbocycles. The monoisotopic (exact) mass is 542 g/mol. The van der Waals surface area contributed by atoms with Crippen LogP contribution in [0, 0.1) is 6.92 Å². The van der Waals surface area contributed by atoms with Gasteiger partial charge in [-0.05, 0) is 49.9 Å². The van der Waals surface area contributed by atoms with Gasteiger partial charge in [0, 0.05) is 28.8 Å². The molecule has 0 saturated carbocycles. The van der Waals surface area contributed by atoms with Crippen LogP contribution >= 0.6 is 0 Å². The number of alkyl halides is 1. The third-order valence-electron chi connectivity index (χ3n) is 7.62. The number of anilines is 1. The Morgan fingerprint density at radius 3 is 2.67 bits per heavy atom. The quantitative estimate of drug-likeness (QED) is 0.348. The van der Waals surface area contributed by atoms with Crippen molar-refractivity contribution < 1.29 is 18.7 Å². The highest BCUT2D eigenvalue weighted by molar-refractivity contribution is 6.06. The molecule has 1 aliphatic heterocycles. The first-order valence-corrected chi connectivity index (χ1v) is 13.5. The van der Waals surface area contributed by atoms with Gasteiger partial charge in [0.25, 0.3) is 0 Å². The molecule has 206 valence electrons. The predicted molar refractivity (Wildman–Crippen MR) is 149 cm³/mol. The van der Waals surface area contributed by atoms with Crippen molar-refractivity contribution in [1.82, 2.24) is 19.4 Å². The number of primary amides is 1. The van der Waals surface area contributed by atoms with Crippen LogP contribution in [0.3, 0.4) is 0 Å². The van der Waals surface area contributed by atoms with E-state index in [1.165, 1.54) is 4.90 Å². The number of halogens is 1. The highest BCUT2D eigenvalue weighted by atomic mass is 19.1. The Morgan fingerprint density at radius 2 is 1.93 bits per heavy atom. The van der Waals surface area contributed by atoms with Gasteiger partial charge in [-0.25, -0.2) is 9.37 Å². The molecule has 1 unspecified atom stereocenters. The largest absolute Gasteiger partial charge is 0.366 e. The van der Waals surface area contributed by atoms with E-state index in [1.54, 1.807) is 12.1 Å². The lowest BCUT2D eigenvalue weighted by molar-refractivity contribution is -0.145. The number of likely N-dealkylation sites (tertiary alicyclic amines) is 1. The number of rotatable bonds is 8. The van der Waals surface area contributed by atoms with Gasteiger partial charge in [-0.15, -0.1) is 0 Å². The summed E-state index contributed by atoms with van der Waals surface area (Å²) in [5, 5.41) is 4.23. The number of aromatic nitrogens is 3. The summed E-state index contributed by atoms with van der Waals surface area (Å²) in [6, 6.07) is 17.4. The second kappa shape index (κ2) is 10.7. The van der Waals surface area contributed by atoms with Crippen LogP contribution in [-0.4, -0.2) is 57.1 Å². The lowest BCUT2D eigenvalue weighted by Gasteiger charge is -2.35. The van der Waals surface area contributed by atoms with Crippen molar-refractivity contribution >= 4 is 28.5 Å². The average molecular weight is 543 g/mol. The zero-order valence-corrected chi connectivity index (χ0v) is 22.3. The Balaban J connectivity index is 1.40. The molecule has 2 amide bonds. The van der Waals surface area contributed by atoms with Crippen LogP contribution in [0.1, 0.15) is 51.8 Å². The third-order valence-corrected chi connectivity index (χ3v) is 7.62. The van der Waals surface area contributed by atoms with E-state index < -0.39 is 18.2 Å². The molecule has 2 aromatic heterocycles. The summed E-state index contributed by atoms with van der Waals surface area (Å²) in [7, 11) is 0. The summed E-state index contributed by atoms with van der Waals surface area (Å²) < 4.78 is 21.3. The summed E-state index contributed by atoms with van der Waals surface area (Å²) in [6.45, 7) is 2.62. The van der Waals surface area contributed by atoms with Gasteiger partial charge in [0.05, 0.1) is 24.3 Å². The van der Waals surface area contributed by atoms with Crippen LogP contribution in [0.2, 0.25) is 0 Å². The van der Waals surface area contributed by atoms with Gasteiger partial charge in [-0.2, -0.15) is 4.98 Å². The van der Waals surface area contributed by atoms with E-state index in [0.29, 0.717) is 30.3 Å². The van der Waals surface area contributed by atoms with Crippen molar-refractivity contribution in [3.8, 4) is 5.95 Å². The highest BCUT2D eigenvalue weighted by Crippen LogP contribution is 2.36. The Kier molecular flexibility index (Phi) is 6.93. The number of nitrogens with one attached hydrogen (secondary N) is 1. The van der Waals surface area contributed by atoms with Crippen LogP contribution in [0.25, 0.3) is 16.9 Å². The smallest absolute Gasteiger partial charge is 0.249 e. The predicted octanol–water partition coefficient (Wildman–Crippen LogP) is 4.01. The molecule has 3 heterocycles. The second-order valence-electron chi connectivity index (χ2n) is 10.4. The van der Waals surface area contributed by atoms with Gasteiger partial charge in [0.15, 0.2) is 0 Å². The molecule has 1 atom stereocenters. The van der Waals surface area contributed by atoms with Crippen LogP contribution in [0.15, 0.2) is 54.6 Å². The van der Waals surface area contributed by atoms with Crippen molar-refractivity contribution in [1.29, 1.82) is 0 Å². The number of nitrogens with two attached hydrogens (primary N) is 1. The van der Waals surface area contributed by atoms with E-state index in [1.807, 2.05) is 54.0 Å². The minimum Gasteiger partial charge on any atom is -0.366 e. The number of nitrogens with zero attached hydrogens (tertiary/aromatic N) is 4. The summed E-state index contributed by atoms with van der Waals surface area (Å²) in [5.74, 6) is 0.426. The standard InChI is InChI=1S/C30H31FN6O3/c1-18-13-23-21(28(32)39)9-5-11-24(23)37(18)30-34-27-22(29(35-30)33-14-19-7-3-2-4-8-19)10-6-12-25(27)40-17-26(38)36-15-20(31)16-36/h2-5,7-9,11,13,20,25H,6,10,12,14-17H2,1H3,(H2,32,39)(H,33,34,35). The number of ether oxygens (including phenoxy) is 1. The summed E-state index contributed by atoms with van der Waals surface area (Å²) >= 11 is 0. The SMILES string of the molecule is Cc1cc2c(C(N)=O)cccc2n1-c1nc(NCc2ccccc2)c2c(n1)C(OCC(=O)N1CC(F)C1)CCC2. The Bertz CT molecular complexity index is 1580. The number of aryl methyl sites for hydroxylation is 1. The molecule has 2 aliphatic rings. The molecule has 1 fully saturated rings. The molecule has 9 nitrogen and oxygen atoms in total. The molecule has 10 heteroatoms.